The lowest BCUT2D eigenvalue weighted by atomic mass is 10.1. The maximum atomic E-state index is 13.5. The minimum atomic E-state index is -1.44. The monoisotopic (exact) mass is 294 g/mol. The summed E-state index contributed by atoms with van der Waals surface area (Å²) >= 11 is 0. The van der Waals surface area contributed by atoms with E-state index in [1.807, 2.05) is 12.1 Å². The molecule has 108 valence electrons. The van der Waals surface area contributed by atoms with E-state index in [-0.39, 0.29) is 12.6 Å². The van der Waals surface area contributed by atoms with E-state index in [4.69, 9.17) is 0 Å². The van der Waals surface area contributed by atoms with Crippen LogP contribution < -0.4 is 5.32 Å². The summed E-state index contributed by atoms with van der Waals surface area (Å²) in [5.41, 5.74) is 0.804. The number of aromatic nitrogens is 1. The summed E-state index contributed by atoms with van der Waals surface area (Å²) < 4.78 is 53.3. The highest BCUT2D eigenvalue weighted by Crippen LogP contribution is 2.25. The third-order valence-electron chi connectivity index (χ3n) is 3.25. The Morgan fingerprint density at radius 1 is 0.952 bits per heavy atom. The zero-order valence-electron chi connectivity index (χ0n) is 10.7. The first kappa shape index (κ1) is 13.5. The van der Waals surface area contributed by atoms with Gasteiger partial charge < -0.3 is 10.3 Å². The first-order valence-electron chi connectivity index (χ1n) is 6.20. The van der Waals surface area contributed by atoms with Crippen LogP contribution in [0.5, 0.6) is 0 Å². The summed E-state index contributed by atoms with van der Waals surface area (Å²) in [5, 5.41) is 3.28. The third-order valence-corrected chi connectivity index (χ3v) is 3.25. The van der Waals surface area contributed by atoms with E-state index in [9.17, 15) is 17.6 Å². The summed E-state index contributed by atoms with van der Waals surface area (Å²) in [6.45, 7) is 0.0337. The SMILES string of the molecule is Fc1cc(F)c(F)c(NCc2cccc3[nH]ccc23)c1F. The second-order valence-corrected chi connectivity index (χ2v) is 4.55. The van der Waals surface area contributed by atoms with Crippen LogP contribution in [-0.4, -0.2) is 4.98 Å². The average Bonchev–Trinajstić information content (AvgIpc) is 2.94. The van der Waals surface area contributed by atoms with Gasteiger partial charge in [-0.1, -0.05) is 12.1 Å². The zero-order valence-corrected chi connectivity index (χ0v) is 10.7. The van der Waals surface area contributed by atoms with Crippen molar-refractivity contribution in [1.82, 2.24) is 4.98 Å². The van der Waals surface area contributed by atoms with Gasteiger partial charge in [0.2, 0.25) is 0 Å². The van der Waals surface area contributed by atoms with Gasteiger partial charge in [-0.05, 0) is 17.7 Å². The molecule has 0 aliphatic carbocycles. The lowest BCUT2D eigenvalue weighted by molar-refractivity contribution is 0.458. The van der Waals surface area contributed by atoms with E-state index in [2.05, 4.69) is 10.3 Å². The molecule has 0 amide bonds. The third kappa shape index (κ3) is 2.33. The number of anilines is 1. The van der Waals surface area contributed by atoms with Crippen LogP contribution in [0.4, 0.5) is 23.2 Å². The lowest BCUT2D eigenvalue weighted by Gasteiger charge is -2.10. The van der Waals surface area contributed by atoms with Crippen LogP contribution in [0.3, 0.4) is 0 Å². The predicted molar refractivity (Wildman–Crippen MR) is 71.9 cm³/mol. The van der Waals surface area contributed by atoms with Gasteiger partial charge in [-0.3, -0.25) is 0 Å². The minimum Gasteiger partial charge on any atom is -0.376 e. The van der Waals surface area contributed by atoms with Crippen molar-refractivity contribution in [1.29, 1.82) is 0 Å². The van der Waals surface area contributed by atoms with Gasteiger partial charge >= 0.3 is 0 Å². The van der Waals surface area contributed by atoms with E-state index < -0.39 is 29.0 Å². The van der Waals surface area contributed by atoms with Crippen LogP contribution in [0, 0.1) is 23.3 Å². The maximum Gasteiger partial charge on any atom is 0.185 e. The number of hydrogen-bond acceptors (Lipinski definition) is 1. The first-order valence-corrected chi connectivity index (χ1v) is 6.20. The Kier molecular flexibility index (Phi) is 3.29. The van der Waals surface area contributed by atoms with Crippen molar-refractivity contribution in [2.24, 2.45) is 0 Å². The van der Waals surface area contributed by atoms with Gasteiger partial charge in [0, 0.05) is 29.7 Å². The molecule has 0 radical (unpaired) electrons. The molecule has 1 heterocycles. The normalized spacial score (nSPS) is 11.0. The van der Waals surface area contributed by atoms with E-state index in [1.54, 1.807) is 18.3 Å². The number of hydrogen-bond donors (Lipinski definition) is 2. The van der Waals surface area contributed by atoms with Crippen molar-refractivity contribution in [2.45, 2.75) is 6.54 Å². The fourth-order valence-corrected chi connectivity index (χ4v) is 2.22. The highest BCUT2D eigenvalue weighted by atomic mass is 19.2. The molecule has 0 atom stereocenters. The molecule has 2 nitrogen and oxygen atoms in total. The molecule has 2 N–H and O–H groups in total. The Balaban J connectivity index is 1.94. The fourth-order valence-electron chi connectivity index (χ4n) is 2.22. The Labute approximate surface area is 117 Å². The van der Waals surface area contributed by atoms with Gasteiger partial charge in [0.15, 0.2) is 23.3 Å². The van der Waals surface area contributed by atoms with Crippen molar-refractivity contribution in [3.63, 3.8) is 0 Å². The summed E-state index contributed by atoms with van der Waals surface area (Å²) in [5.74, 6) is -5.74. The van der Waals surface area contributed by atoms with E-state index in [1.165, 1.54) is 0 Å². The number of H-pyrrole nitrogens is 1. The van der Waals surface area contributed by atoms with Gasteiger partial charge in [0.05, 0.1) is 0 Å². The van der Waals surface area contributed by atoms with Crippen molar-refractivity contribution in [3.8, 4) is 0 Å². The summed E-state index contributed by atoms with van der Waals surface area (Å²) in [4.78, 5) is 3.00. The number of aromatic amines is 1. The highest BCUT2D eigenvalue weighted by molar-refractivity contribution is 5.83. The molecule has 21 heavy (non-hydrogen) atoms. The molecule has 0 spiro atoms. The maximum absolute atomic E-state index is 13.5. The number of benzene rings is 2. The van der Waals surface area contributed by atoms with E-state index in [0.29, 0.717) is 0 Å². The Morgan fingerprint density at radius 3 is 2.38 bits per heavy atom. The van der Waals surface area contributed by atoms with E-state index in [0.717, 1.165) is 16.5 Å². The number of halogens is 4. The Morgan fingerprint density at radius 2 is 1.67 bits per heavy atom. The first-order chi connectivity index (χ1) is 10.1. The van der Waals surface area contributed by atoms with Crippen LogP contribution in [0.25, 0.3) is 10.9 Å². The highest BCUT2D eigenvalue weighted by Gasteiger charge is 2.18. The number of nitrogens with one attached hydrogen (secondary N) is 2. The largest absolute Gasteiger partial charge is 0.376 e. The molecule has 0 saturated heterocycles. The molecule has 0 fully saturated rings. The zero-order chi connectivity index (χ0) is 15.0. The Hall–Kier alpha value is -2.50. The fraction of sp³-hybridized carbons (Fsp3) is 0.0667. The molecule has 1 aromatic heterocycles. The molecule has 0 bridgehead atoms. The van der Waals surface area contributed by atoms with Gasteiger partial charge in [-0.25, -0.2) is 17.6 Å². The second-order valence-electron chi connectivity index (χ2n) is 4.55. The lowest BCUT2D eigenvalue weighted by Crippen LogP contribution is -2.07. The molecule has 3 rings (SSSR count). The van der Waals surface area contributed by atoms with Crippen LogP contribution >= 0.6 is 0 Å². The molecule has 0 saturated carbocycles. The topological polar surface area (TPSA) is 27.8 Å². The van der Waals surface area contributed by atoms with Gasteiger partial charge in [0.1, 0.15) is 5.69 Å². The molecule has 2 aromatic carbocycles. The molecule has 3 aromatic rings. The van der Waals surface area contributed by atoms with Gasteiger partial charge in [0.25, 0.3) is 0 Å². The quantitative estimate of drug-likeness (QED) is 0.546. The summed E-state index contributed by atoms with van der Waals surface area (Å²) in [6, 6.07) is 7.37. The van der Waals surface area contributed by atoms with Gasteiger partial charge in [-0.15, -0.1) is 0 Å². The van der Waals surface area contributed by atoms with Crippen molar-refractivity contribution >= 4 is 16.6 Å². The molecule has 0 aliphatic heterocycles. The molecular formula is C15H10F4N2. The average molecular weight is 294 g/mol. The minimum absolute atomic E-state index is 0.0337. The van der Waals surface area contributed by atoms with E-state index >= 15 is 0 Å². The molecule has 0 aliphatic rings. The van der Waals surface area contributed by atoms with Crippen molar-refractivity contribution in [3.05, 3.63) is 65.4 Å². The van der Waals surface area contributed by atoms with Crippen LogP contribution in [0.1, 0.15) is 5.56 Å². The van der Waals surface area contributed by atoms with Crippen molar-refractivity contribution < 1.29 is 17.6 Å². The second kappa shape index (κ2) is 5.12. The summed E-state index contributed by atoms with van der Waals surface area (Å²) in [7, 11) is 0. The van der Waals surface area contributed by atoms with Crippen LogP contribution in [0.15, 0.2) is 36.5 Å². The standard InChI is InChI=1S/C15H10F4N2/c16-10-6-11(17)14(19)15(13(10)18)21-7-8-2-1-3-12-9(8)4-5-20-12/h1-6,20-21H,7H2. The van der Waals surface area contributed by atoms with Crippen LogP contribution in [-0.2, 0) is 6.54 Å². The van der Waals surface area contributed by atoms with Gasteiger partial charge in [-0.2, -0.15) is 0 Å². The summed E-state index contributed by atoms with van der Waals surface area (Å²) in [6.07, 6.45) is 1.73. The smallest absolute Gasteiger partial charge is 0.185 e. The predicted octanol–water partition coefficient (Wildman–Crippen LogP) is 4.34. The molecule has 0 unspecified atom stereocenters. The molecule has 6 heteroatoms. The number of rotatable bonds is 3. The van der Waals surface area contributed by atoms with Crippen LogP contribution in [0.2, 0.25) is 0 Å². The Bertz CT molecular complexity index is 785. The molecular weight excluding hydrogens is 284 g/mol. The number of fused-ring (bicyclic) bond motifs is 1. The van der Waals surface area contributed by atoms with Crippen molar-refractivity contribution in [2.75, 3.05) is 5.32 Å².